The van der Waals surface area contributed by atoms with Gasteiger partial charge in [-0.2, -0.15) is 0 Å². The predicted octanol–water partition coefficient (Wildman–Crippen LogP) is 0.517. The van der Waals surface area contributed by atoms with Crippen LogP contribution in [0.2, 0.25) is 0 Å². The minimum atomic E-state index is -3.65. The zero-order valence-corrected chi connectivity index (χ0v) is 16.1. The highest BCUT2D eigenvalue weighted by Gasteiger charge is 2.26. The lowest BCUT2D eigenvalue weighted by Crippen LogP contribution is -2.36. The van der Waals surface area contributed by atoms with E-state index < -0.39 is 21.0 Å². The minimum absolute atomic E-state index is 0.0380. The first-order valence-electron chi connectivity index (χ1n) is 8.66. The lowest BCUT2D eigenvalue weighted by Gasteiger charge is -2.16. The van der Waals surface area contributed by atoms with Crippen molar-refractivity contribution < 1.29 is 22.7 Å². The molecule has 2 aromatic rings. The number of fused-ring (bicyclic) bond motifs is 1. The third kappa shape index (κ3) is 4.14. The number of aryl methyl sites for hydroxylation is 1. The van der Waals surface area contributed by atoms with E-state index in [4.69, 9.17) is 10.5 Å². The molecular formula is C19H20N2O6S. The number of benzene rings is 1. The quantitative estimate of drug-likeness (QED) is 0.700. The molecule has 0 spiro atoms. The molecule has 0 radical (unpaired) electrons. The predicted molar refractivity (Wildman–Crippen MR) is 103 cm³/mol. The van der Waals surface area contributed by atoms with E-state index >= 15 is 0 Å². The van der Waals surface area contributed by atoms with Crippen molar-refractivity contribution in [2.75, 3.05) is 12.9 Å². The molecule has 1 aromatic heterocycles. The minimum Gasteiger partial charge on any atom is -0.462 e. The van der Waals surface area contributed by atoms with Crippen LogP contribution in [0.3, 0.4) is 0 Å². The number of nitrogens with zero attached hydrogens (tertiary/aromatic N) is 1. The van der Waals surface area contributed by atoms with Crippen LogP contribution in [0.5, 0.6) is 0 Å². The maximum atomic E-state index is 12.4. The van der Waals surface area contributed by atoms with Gasteiger partial charge in [-0.05, 0) is 35.2 Å². The summed E-state index contributed by atoms with van der Waals surface area (Å²) in [5.74, 6) is -1.32. The van der Waals surface area contributed by atoms with Gasteiger partial charge in [0.05, 0.1) is 12.2 Å². The molecule has 3 rings (SSSR count). The molecule has 0 aliphatic carbocycles. The van der Waals surface area contributed by atoms with E-state index in [2.05, 4.69) is 0 Å². The van der Waals surface area contributed by atoms with Gasteiger partial charge >= 0.3 is 5.97 Å². The fourth-order valence-electron chi connectivity index (χ4n) is 3.19. The van der Waals surface area contributed by atoms with Gasteiger partial charge in [0.15, 0.2) is 9.84 Å². The Morgan fingerprint density at radius 1 is 1.21 bits per heavy atom. The number of pyridine rings is 1. The summed E-state index contributed by atoms with van der Waals surface area (Å²) in [7, 11) is -3.65. The van der Waals surface area contributed by atoms with Crippen molar-refractivity contribution in [3.63, 3.8) is 0 Å². The van der Waals surface area contributed by atoms with Gasteiger partial charge in [0.2, 0.25) is 5.91 Å². The molecule has 0 bridgehead atoms. The zero-order valence-electron chi connectivity index (χ0n) is 15.3. The van der Waals surface area contributed by atoms with Gasteiger partial charge in [0.25, 0.3) is 5.56 Å². The second-order valence-electron chi connectivity index (χ2n) is 6.71. The van der Waals surface area contributed by atoms with Gasteiger partial charge in [-0.3, -0.25) is 9.59 Å². The largest absolute Gasteiger partial charge is 0.462 e. The van der Waals surface area contributed by atoms with Crippen molar-refractivity contribution in [3.8, 4) is 11.1 Å². The van der Waals surface area contributed by atoms with Crippen LogP contribution >= 0.6 is 0 Å². The number of ether oxygens (including phenoxy) is 1. The normalized spacial score (nSPS) is 14.8. The van der Waals surface area contributed by atoms with Crippen molar-refractivity contribution in [2.45, 2.75) is 24.6 Å². The third-order valence-corrected chi connectivity index (χ3v) is 6.23. The van der Waals surface area contributed by atoms with E-state index in [1.807, 2.05) is 12.1 Å². The van der Waals surface area contributed by atoms with Crippen molar-refractivity contribution in [1.82, 2.24) is 4.57 Å². The van der Waals surface area contributed by atoms with Crippen molar-refractivity contribution in [3.05, 3.63) is 58.0 Å². The molecule has 148 valence electrons. The Bertz CT molecular complexity index is 1100. The van der Waals surface area contributed by atoms with Crippen molar-refractivity contribution in [2.24, 2.45) is 5.73 Å². The Morgan fingerprint density at radius 2 is 1.93 bits per heavy atom. The summed E-state index contributed by atoms with van der Waals surface area (Å²) < 4.78 is 29.6. The number of cyclic esters (lactones) is 1. The summed E-state index contributed by atoms with van der Waals surface area (Å²) in [5, 5.41) is -1.34. The summed E-state index contributed by atoms with van der Waals surface area (Å²) in [4.78, 5) is 35.7. The second-order valence-corrected chi connectivity index (χ2v) is 8.94. The Balaban J connectivity index is 1.83. The van der Waals surface area contributed by atoms with E-state index in [1.165, 1.54) is 16.8 Å². The molecule has 28 heavy (non-hydrogen) atoms. The van der Waals surface area contributed by atoms with E-state index in [-0.39, 0.29) is 24.5 Å². The first kappa shape index (κ1) is 19.8. The number of nitrogens with two attached hydrogens (primary N) is 1. The average Bonchev–Trinajstić information content (AvgIpc) is 2.62. The molecule has 9 heteroatoms. The Kier molecular flexibility index (Phi) is 5.37. The molecule has 8 nitrogen and oxygen atoms in total. The van der Waals surface area contributed by atoms with Gasteiger partial charge in [0.1, 0.15) is 5.25 Å². The molecule has 1 aliphatic rings. The number of aromatic nitrogens is 1. The van der Waals surface area contributed by atoms with E-state index in [0.717, 1.165) is 11.8 Å². The first-order chi connectivity index (χ1) is 13.2. The molecule has 0 saturated heterocycles. The van der Waals surface area contributed by atoms with E-state index in [1.54, 1.807) is 12.1 Å². The van der Waals surface area contributed by atoms with Gasteiger partial charge in [-0.25, -0.2) is 13.2 Å². The maximum absolute atomic E-state index is 12.4. The molecule has 0 saturated carbocycles. The lowest BCUT2D eigenvalue weighted by molar-refractivity contribution is -0.117. The van der Waals surface area contributed by atoms with Gasteiger partial charge in [0, 0.05) is 31.5 Å². The molecule has 1 atom stereocenters. The second kappa shape index (κ2) is 7.59. The average molecular weight is 404 g/mol. The molecule has 2 N–H and O–H groups in total. The zero-order chi connectivity index (χ0) is 20.5. The van der Waals surface area contributed by atoms with Crippen LogP contribution in [0.1, 0.15) is 22.3 Å². The highest BCUT2D eigenvalue weighted by molar-refractivity contribution is 7.92. The van der Waals surface area contributed by atoms with E-state index in [9.17, 15) is 22.8 Å². The van der Waals surface area contributed by atoms with Crippen molar-refractivity contribution in [1.29, 1.82) is 0 Å². The number of carbonyl (C=O) groups is 2. The van der Waals surface area contributed by atoms with Crippen LogP contribution in [0, 0.1) is 0 Å². The monoisotopic (exact) mass is 404 g/mol. The highest BCUT2D eigenvalue weighted by atomic mass is 32.2. The first-order valence-corrected chi connectivity index (χ1v) is 10.6. The smallest absolute Gasteiger partial charge is 0.338 e. The Labute approximate surface area is 161 Å². The fourth-order valence-corrected chi connectivity index (χ4v) is 4.15. The lowest BCUT2D eigenvalue weighted by atomic mass is 9.97. The van der Waals surface area contributed by atoms with Crippen LogP contribution in [0.4, 0.5) is 0 Å². The Morgan fingerprint density at radius 3 is 2.57 bits per heavy atom. The third-order valence-electron chi connectivity index (χ3n) is 4.73. The molecule has 2 heterocycles. The summed E-state index contributed by atoms with van der Waals surface area (Å²) in [5.41, 5.74) is 7.52. The SMILES string of the molecule is CS(=O)(=O)C(CCn1ccc(-c2ccc3c(c2)C(=O)OCC3)cc1=O)C(N)=O. The van der Waals surface area contributed by atoms with E-state index in [0.29, 0.717) is 29.7 Å². The number of rotatable bonds is 6. The number of primary amides is 1. The summed E-state index contributed by atoms with van der Waals surface area (Å²) in [6.45, 7) is 0.400. The van der Waals surface area contributed by atoms with Gasteiger partial charge < -0.3 is 15.0 Å². The van der Waals surface area contributed by atoms with Crippen LogP contribution in [0.15, 0.2) is 41.3 Å². The number of carbonyl (C=O) groups excluding carboxylic acids is 2. The maximum Gasteiger partial charge on any atom is 0.338 e. The topological polar surface area (TPSA) is 126 Å². The van der Waals surface area contributed by atoms with Crippen LogP contribution < -0.4 is 11.3 Å². The standard InChI is InChI=1S/C19H20N2O6S/c1-28(25,26)16(18(20)23)5-8-21-7-4-14(11-17(21)22)13-3-2-12-6-9-27-19(24)15(12)10-13/h2-4,7,10-11,16H,5-6,8-9H2,1H3,(H2,20,23). The summed E-state index contributed by atoms with van der Waals surface area (Å²) in [6, 6.07) is 8.47. The van der Waals surface area contributed by atoms with Gasteiger partial charge in [-0.15, -0.1) is 0 Å². The molecule has 1 aromatic carbocycles. The number of amides is 1. The van der Waals surface area contributed by atoms with Crippen LogP contribution in [-0.4, -0.2) is 43.0 Å². The number of sulfone groups is 1. The molecule has 1 unspecified atom stereocenters. The van der Waals surface area contributed by atoms with Crippen molar-refractivity contribution >= 4 is 21.7 Å². The summed E-state index contributed by atoms with van der Waals surface area (Å²) in [6.07, 6.45) is 3.04. The number of hydrogen-bond acceptors (Lipinski definition) is 6. The molecule has 0 fully saturated rings. The highest BCUT2D eigenvalue weighted by Crippen LogP contribution is 2.24. The molecule has 1 amide bonds. The molecule has 1 aliphatic heterocycles. The Hall–Kier alpha value is -2.94. The van der Waals surface area contributed by atoms with Gasteiger partial charge in [-0.1, -0.05) is 12.1 Å². The number of esters is 1. The van der Waals surface area contributed by atoms with Crippen LogP contribution in [-0.2, 0) is 32.3 Å². The molecular weight excluding hydrogens is 384 g/mol. The summed E-state index contributed by atoms with van der Waals surface area (Å²) >= 11 is 0. The number of hydrogen-bond donors (Lipinski definition) is 1. The fraction of sp³-hybridized carbons (Fsp3) is 0.316. The van der Waals surface area contributed by atoms with Crippen LogP contribution in [0.25, 0.3) is 11.1 Å².